The van der Waals surface area contributed by atoms with Gasteiger partial charge in [0.25, 0.3) is 5.91 Å². The van der Waals surface area contributed by atoms with Crippen molar-refractivity contribution in [2.45, 2.75) is 6.04 Å². The molecule has 1 N–H and O–H groups in total. The van der Waals surface area contributed by atoms with Crippen LogP contribution >= 0.6 is 0 Å². The van der Waals surface area contributed by atoms with Gasteiger partial charge >= 0.3 is 0 Å². The molecule has 2 aliphatic rings. The third-order valence-electron chi connectivity index (χ3n) is 5.07. The zero-order valence-corrected chi connectivity index (χ0v) is 14.0. The SMILES string of the molecule is CN1C[C@H]2COC[C@@H]1CN(C(=O)c1cc(=O)[nH]c3cc(F)ccc13)C2. The van der Waals surface area contributed by atoms with Gasteiger partial charge in [-0.1, -0.05) is 0 Å². The minimum atomic E-state index is -0.448. The maximum absolute atomic E-state index is 13.5. The molecule has 3 heterocycles. The second kappa shape index (κ2) is 6.24. The van der Waals surface area contributed by atoms with Crippen molar-refractivity contribution in [3.63, 3.8) is 0 Å². The Balaban J connectivity index is 1.74. The molecule has 0 radical (unpaired) electrons. The number of likely N-dealkylation sites (N-methyl/N-ethyl adjacent to an activating group) is 1. The minimum Gasteiger partial charge on any atom is -0.379 e. The zero-order valence-electron chi connectivity index (χ0n) is 14.0. The van der Waals surface area contributed by atoms with Crippen LogP contribution in [0.5, 0.6) is 0 Å². The van der Waals surface area contributed by atoms with Gasteiger partial charge in [0.1, 0.15) is 5.82 Å². The first kappa shape index (κ1) is 16.2. The number of ether oxygens (including phenoxy) is 1. The van der Waals surface area contributed by atoms with Crippen LogP contribution in [0.2, 0.25) is 0 Å². The average molecular weight is 345 g/mol. The second-order valence-electron chi connectivity index (χ2n) is 6.94. The van der Waals surface area contributed by atoms with Crippen LogP contribution in [0.3, 0.4) is 0 Å². The van der Waals surface area contributed by atoms with Crippen LogP contribution in [0.1, 0.15) is 10.4 Å². The lowest BCUT2D eigenvalue weighted by atomic mass is 10.1. The van der Waals surface area contributed by atoms with E-state index in [0.717, 1.165) is 6.54 Å². The number of amides is 1. The van der Waals surface area contributed by atoms with E-state index in [1.54, 1.807) is 11.0 Å². The van der Waals surface area contributed by atoms with Gasteiger partial charge in [0.15, 0.2) is 0 Å². The fourth-order valence-electron chi connectivity index (χ4n) is 3.80. The van der Waals surface area contributed by atoms with E-state index < -0.39 is 11.4 Å². The molecule has 1 aromatic heterocycles. The third-order valence-corrected chi connectivity index (χ3v) is 5.07. The van der Waals surface area contributed by atoms with E-state index in [9.17, 15) is 14.0 Å². The Morgan fingerprint density at radius 3 is 2.92 bits per heavy atom. The van der Waals surface area contributed by atoms with Crippen molar-refractivity contribution >= 4 is 16.8 Å². The third kappa shape index (κ3) is 3.05. The quantitative estimate of drug-likeness (QED) is 0.840. The van der Waals surface area contributed by atoms with Crippen LogP contribution in [0, 0.1) is 11.7 Å². The number of H-pyrrole nitrogens is 1. The molecule has 1 aromatic carbocycles. The number of nitrogens with one attached hydrogen (secondary N) is 1. The van der Waals surface area contributed by atoms with Crippen LogP contribution in [-0.4, -0.2) is 66.6 Å². The Bertz CT molecular complexity index is 881. The van der Waals surface area contributed by atoms with E-state index in [1.165, 1.54) is 18.2 Å². The minimum absolute atomic E-state index is 0.141. The number of pyridine rings is 1. The highest BCUT2D eigenvalue weighted by molar-refractivity contribution is 6.06. The van der Waals surface area contributed by atoms with Crippen molar-refractivity contribution in [2.24, 2.45) is 5.92 Å². The summed E-state index contributed by atoms with van der Waals surface area (Å²) < 4.78 is 19.2. The van der Waals surface area contributed by atoms with E-state index >= 15 is 0 Å². The Morgan fingerprint density at radius 1 is 1.24 bits per heavy atom. The highest BCUT2D eigenvalue weighted by Crippen LogP contribution is 2.23. The second-order valence-corrected chi connectivity index (χ2v) is 6.94. The number of benzene rings is 1. The summed E-state index contributed by atoms with van der Waals surface area (Å²) in [6.45, 7) is 3.26. The van der Waals surface area contributed by atoms with Gasteiger partial charge in [0, 0.05) is 37.0 Å². The molecule has 1 amide bonds. The Labute approximate surface area is 144 Å². The summed E-state index contributed by atoms with van der Waals surface area (Å²) in [7, 11) is 2.05. The molecule has 2 aliphatic heterocycles. The maximum Gasteiger partial charge on any atom is 0.254 e. The molecule has 7 heteroatoms. The number of nitrogens with zero attached hydrogens (tertiary/aromatic N) is 2. The first-order valence-corrected chi connectivity index (χ1v) is 8.41. The normalized spacial score (nSPS) is 24.3. The van der Waals surface area contributed by atoms with E-state index in [-0.39, 0.29) is 17.9 Å². The fraction of sp³-hybridized carbons (Fsp3) is 0.444. The zero-order chi connectivity index (χ0) is 17.6. The van der Waals surface area contributed by atoms with E-state index in [1.807, 2.05) is 7.05 Å². The molecular weight excluding hydrogens is 325 g/mol. The molecule has 4 rings (SSSR count). The van der Waals surface area contributed by atoms with Crippen molar-refractivity contribution in [1.29, 1.82) is 0 Å². The molecule has 0 spiro atoms. The van der Waals surface area contributed by atoms with Gasteiger partial charge in [-0.15, -0.1) is 0 Å². The number of fused-ring (bicyclic) bond motifs is 4. The molecule has 2 atom stereocenters. The van der Waals surface area contributed by atoms with Gasteiger partial charge in [-0.05, 0) is 25.2 Å². The molecular formula is C18H20FN3O3. The summed E-state index contributed by atoms with van der Waals surface area (Å²) >= 11 is 0. The standard InChI is InChI=1S/C18H20FN3O3/c1-21-6-11-7-22(8-13(21)10-25-9-11)18(24)15-5-17(23)20-16-4-12(19)2-3-14(15)16/h2-5,11,13H,6-10H2,1H3,(H,20,23)/t11-,13+/m1/s1. The summed E-state index contributed by atoms with van der Waals surface area (Å²) in [6.07, 6.45) is 0. The highest BCUT2D eigenvalue weighted by atomic mass is 19.1. The molecule has 2 bridgehead atoms. The molecule has 0 unspecified atom stereocenters. The summed E-state index contributed by atoms with van der Waals surface area (Å²) in [5.74, 6) is -0.391. The van der Waals surface area contributed by atoms with Crippen LogP contribution in [0.4, 0.5) is 4.39 Å². The first-order chi connectivity index (χ1) is 12.0. The molecule has 25 heavy (non-hydrogen) atoms. The number of rotatable bonds is 1. The number of hydrogen-bond donors (Lipinski definition) is 1. The Hall–Kier alpha value is -2.25. The van der Waals surface area contributed by atoms with Crippen molar-refractivity contribution in [1.82, 2.24) is 14.8 Å². The average Bonchev–Trinajstić information content (AvgIpc) is 2.81. The van der Waals surface area contributed by atoms with Gasteiger partial charge in [-0.2, -0.15) is 0 Å². The molecule has 2 saturated heterocycles. The molecule has 6 nitrogen and oxygen atoms in total. The summed E-state index contributed by atoms with van der Waals surface area (Å²) in [6, 6.07) is 5.54. The van der Waals surface area contributed by atoms with Gasteiger partial charge in [-0.25, -0.2) is 4.39 Å². The van der Waals surface area contributed by atoms with Crippen molar-refractivity contribution in [3.8, 4) is 0 Å². The predicted molar refractivity (Wildman–Crippen MR) is 91.2 cm³/mol. The van der Waals surface area contributed by atoms with Gasteiger partial charge in [0.05, 0.1) is 30.3 Å². The van der Waals surface area contributed by atoms with Crippen LogP contribution in [0.15, 0.2) is 29.1 Å². The Kier molecular flexibility index (Phi) is 4.05. The maximum atomic E-state index is 13.5. The Morgan fingerprint density at radius 2 is 2.08 bits per heavy atom. The van der Waals surface area contributed by atoms with Crippen LogP contribution in [-0.2, 0) is 4.74 Å². The molecule has 2 aromatic rings. The lowest BCUT2D eigenvalue weighted by Gasteiger charge is -2.30. The van der Waals surface area contributed by atoms with Gasteiger partial charge in [0.2, 0.25) is 5.56 Å². The van der Waals surface area contributed by atoms with Gasteiger partial charge < -0.3 is 14.6 Å². The molecule has 0 saturated carbocycles. The number of aromatic nitrogens is 1. The summed E-state index contributed by atoms with van der Waals surface area (Å²) in [4.78, 5) is 31.7. The summed E-state index contributed by atoms with van der Waals surface area (Å²) in [5.41, 5.74) is 0.255. The lowest BCUT2D eigenvalue weighted by Crippen LogP contribution is -2.45. The van der Waals surface area contributed by atoms with Crippen molar-refractivity contribution in [2.75, 3.05) is 39.9 Å². The van der Waals surface area contributed by atoms with E-state index in [4.69, 9.17) is 4.74 Å². The lowest BCUT2D eigenvalue weighted by molar-refractivity contribution is 0.0435. The van der Waals surface area contributed by atoms with E-state index in [2.05, 4.69) is 9.88 Å². The summed E-state index contributed by atoms with van der Waals surface area (Å²) in [5, 5.41) is 0.560. The van der Waals surface area contributed by atoms with Gasteiger partial charge in [-0.3, -0.25) is 14.5 Å². The largest absolute Gasteiger partial charge is 0.379 e. The van der Waals surface area contributed by atoms with Crippen LogP contribution in [0.25, 0.3) is 10.9 Å². The van der Waals surface area contributed by atoms with Crippen molar-refractivity contribution in [3.05, 3.63) is 46.0 Å². The molecule has 2 fully saturated rings. The predicted octanol–water partition coefficient (Wildman–Crippen LogP) is 1.07. The fourth-order valence-corrected chi connectivity index (χ4v) is 3.80. The molecule has 132 valence electrons. The number of aromatic amines is 1. The van der Waals surface area contributed by atoms with E-state index in [0.29, 0.717) is 42.8 Å². The van der Waals surface area contributed by atoms with Crippen molar-refractivity contribution < 1.29 is 13.9 Å². The highest BCUT2D eigenvalue weighted by Gasteiger charge is 2.34. The monoisotopic (exact) mass is 345 g/mol. The number of hydrogen-bond acceptors (Lipinski definition) is 4. The number of carbonyl (C=O) groups excluding carboxylic acids is 1. The number of carbonyl (C=O) groups is 1. The smallest absolute Gasteiger partial charge is 0.254 e. The number of halogens is 1. The topological polar surface area (TPSA) is 65.6 Å². The first-order valence-electron chi connectivity index (χ1n) is 8.41. The van der Waals surface area contributed by atoms with Crippen LogP contribution < -0.4 is 5.56 Å². The molecule has 0 aliphatic carbocycles.